The lowest BCUT2D eigenvalue weighted by atomic mass is 9.93. The van der Waals surface area contributed by atoms with Crippen molar-refractivity contribution in [1.29, 1.82) is 0 Å². The summed E-state index contributed by atoms with van der Waals surface area (Å²) < 4.78 is 38.7. The molecule has 8 heteroatoms. The van der Waals surface area contributed by atoms with E-state index in [2.05, 4.69) is 10.6 Å². The van der Waals surface area contributed by atoms with E-state index in [4.69, 9.17) is 12.2 Å². The first-order valence-electron chi connectivity index (χ1n) is 8.88. The molecule has 1 amide bonds. The highest BCUT2D eigenvalue weighted by atomic mass is 32.1. The molecule has 1 aliphatic rings. The third-order valence-corrected chi connectivity index (χ3v) is 5.35. The van der Waals surface area contributed by atoms with Crippen LogP contribution in [-0.4, -0.2) is 23.0 Å². The highest BCUT2D eigenvalue weighted by Crippen LogP contribution is 2.34. The minimum atomic E-state index is -4.43. The quantitative estimate of drug-likeness (QED) is 0.703. The Bertz CT molecular complexity index is 983. The third kappa shape index (κ3) is 4.27. The van der Waals surface area contributed by atoms with Crippen LogP contribution in [0.25, 0.3) is 0 Å². The summed E-state index contributed by atoms with van der Waals surface area (Å²) in [6, 6.07) is 11.4. The minimum absolute atomic E-state index is 0.344. The van der Waals surface area contributed by atoms with E-state index in [1.807, 2.05) is 25.1 Å². The van der Waals surface area contributed by atoms with Gasteiger partial charge in [-0.15, -0.1) is 0 Å². The van der Waals surface area contributed by atoms with Crippen molar-refractivity contribution < 1.29 is 18.0 Å². The number of carbonyl (C=O) groups is 1. The van der Waals surface area contributed by atoms with E-state index in [1.54, 1.807) is 24.9 Å². The van der Waals surface area contributed by atoms with E-state index < -0.39 is 17.8 Å². The summed E-state index contributed by atoms with van der Waals surface area (Å²) in [5.74, 6) is -0.344. The number of nitrogens with one attached hydrogen (secondary N) is 2. The lowest BCUT2D eigenvalue weighted by Crippen LogP contribution is -2.46. The monoisotopic (exact) mass is 419 g/mol. The smallest absolute Gasteiger partial charge is 0.351 e. The second-order valence-corrected chi connectivity index (χ2v) is 7.22. The molecule has 2 N–H and O–H groups in total. The topological polar surface area (TPSA) is 44.4 Å². The number of benzene rings is 2. The Kier molecular flexibility index (Phi) is 5.66. The second-order valence-electron chi connectivity index (χ2n) is 6.83. The highest BCUT2D eigenvalue weighted by Gasteiger charge is 2.34. The zero-order valence-corrected chi connectivity index (χ0v) is 16.9. The summed E-state index contributed by atoms with van der Waals surface area (Å²) in [6.45, 7) is 3.64. The summed E-state index contributed by atoms with van der Waals surface area (Å²) in [4.78, 5) is 14.8. The molecule has 2 aromatic carbocycles. The first-order chi connectivity index (χ1) is 13.6. The van der Waals surface area contributed by atoms with Crippen LogP contribution in [-0.2, 0) is 11.0 Å². The largest absolute Gasteiger partial charge is 0.416 e. The molecule has 0 radical (unpaired) electrons. The van der Waals surface area contributed by atoms with Crippen molar-refractivity contribution in [2.24, 2.45) is 0 Å². The van der Waals surface area contributed by atoms with E-state index in [9.17, 15) is 18.0 Å². The van der Waals surface area contributed by atoms with Gasteiger partial charge >= 0.3 is 6.18 Å². The van der Waals surface area contributed by atoms with Crippen LogP contribution < -0.4 is 10.6 Å². The van der Waals surface area contributed by atoms with E-state index >= 15 is 0 Å². The molecular weight excluding hydrogens is 399 g/mol. The molecule has 29 heavy (non-hydrogen) atoms. The van der Waals surface area contributed by atoms with Gasteiger partial charge in [0, 0.05) is 18.4 Å². The fourth-order valence-electron chi connectivity index (χ4n) is 3.15. The Morgan fingerprint density at radius 3 is 2.31 bits per heavy atom. The van der Waals surface area contributed by atoms with Crippen LogP contribution in [0.15, 0.2) is 59.8 Å². The number of amides is 1. The molecule has 1 atom stereocenters. The van der Waals surface area contributed by atoms with E-state index in [0.29, 0.717) is 27.6 Å². The zero-order chi connectivity index (χ0) is 21.3. The van der Waals surface area contributed by atoms with Gasteiger partial charge in [0.05, 0.1) is 17.2 Å². The van der Waals surface area contributed by atoms with Gasteiger partial charge in [-0.25, -0.2) is 0 Å². The molecule has 2 aromatic rings. The third-order valence-electron chi connectivity index (χ3n) is 4.96. The number of aryl methyl sites for hydroxylation is 1. The Labute approximate surface area is 172 Å². The number of allylic oxidation sites excluding steroid dienone is 1. The van der Waals surface area contributed by atoms with Gasteiger partial charge in [0.2, 0.25) is 0 Å². The van der Waals surface area contributed by atoms with Crippen LogP contribution in [0, 0.1) is 6.92 Å². The van der Waals surface area contributed by atoms with Gasteiger partial charge in [0.15, 0.2) is 5.11 Å². The fraction of sp³-hybridized carbons (Fsp3) is 0.238. The van der Waals surface area contributed by atoms with Gasteiger partial charge in [-0.3, -0.25) is 4.79 Å². The first kappa shape index (κ1) is 20.9. The van der Waals surface area contributed by atoms with Crippen molar-refractivity contribution in [1.82, 2.24) is 10.2 Å². The molecule has 4 nitrogen and oxygen atoms in total. The molecule has 152 valence electrons. The number of hydrogen-bond acceptors (Lipinski definition) is 2. The number of carbonyl (C=O) groups excluding carboxylic acids is 1. The lowest BCUT2D eigenvalue weighted by Gasteiger charge is -2.36. The summed E-state index contributed by atoms with van der Waals surface area (Å²) in [5, 5.41) is 6.34. The van der Waals surface area contributed by atoms with E-state index in [-0.39, 0.29) is 5.91 Å². The Morgan fingerprint density at radius 1 is 1.10 bits per heavy atom. The Morgan fingerprint density at radius 2 is 1.72 bits per heavy atom. The Hall–Kier alpha value is -2.87. The van der Waals surface area contributed by atoms with Crippen molar-refractivity contribution in [2.45, 2.75) is 26.1 Å². The maximum Gasteiger partial charge on any atom is 0.416 e. The SMILES string of the molecule is CC1=C(C(=O)Nc2ccccc2C)[C@@H](c2ccc(C(F)(F)F)cc2)NC(=S)N1C. The number of halogens is 3. The predicted molar refractivity (Wildman–Crippen MR) is 110 cm³/mol. The molecule has 1 heterocycles. The van der Waals surface area contributed by atoms with Crippen LogP contribution in [0.2, 0.25) is 0 Å². The molecule has 0 fully saturated rings. The van der Waals surface area contributed by atoms with Crippen LogP contribution in [0.4, 0.5) is 18.9 Å². The predicted octanol–water partition coefficient (Wildman–Crippen LogP) is 4.79. The summed E-state index contributed by atoms with van der Waals surface area (Å²) >= 11 is 5.33. The molecule has 0 saturated carbocycles. The van der Waals surface area contributed by atoms with E-state index in [0.717, 1.165) is 17.7 Å². The molecule has 0 bridgehead atoms. The Balaban J connectivity index is 1.99. The number of rotatable bonds is 3. The van der Waals surface area contributed by atoms with Gasteiger partial charge in [-0.2, -0.15) is 13.2 Å². The molecule has 0 aromatic heterocycles. The van der Waals surface area contributed by atoms with Crippen LogP contribution in [0.1, 0.15) is 29.7 Å². The second kappa shape index (κ2) is 7.87. The average Bonchev–Trinajstić information content (AvgIpc) is 2.67. The number of anilines is 1. The lowest BCUT2D eigenvalue weighted by molar-refractivity contribution is -0.137. The number of thiocarbonyl (C=S) groups is 1. The van der Waals surface area contributed by atoms with Crippen LogP contribution in [0.3, 0.4) is 0 Å². The molecule has 0 saturated heterocycles. The summed E-state index contributed by atoms with van der Waals surface area (Å²) in [6.07, 6.45) is -4.43. The van der Waals surface area contributed by atoms with Crippen molar-refractivity contribution in [3.8, 4) is 0 Å². The molecule has 0 aliphatic carbocycles. The maximum atomic E-state index is 13.1. The molecule has 1 aliphatic heterocycles. The summed E-state index contributed by atoms with van der Waals surface area (Å²) in [5.41, 5.74) is 2.36. The molecule has 0 spiro atoms. The number of para-hydroxylation sites is 1. The van der Waals surface area contributed by atoms with Crippen molar-refractivity contribution in [3.05, 3.63) is 76.5 Å². The number of hydrogen-bond donors (Lipinski definition) is 2. The standard InChI is InChI=1S/C21H20F3N3OS/c1-12-6-4-5-7-16(12)25-19(28)17-13(2)27(3)20(29)26-18(17)14-8-10-15(11-9-14)21(22,23)24/h4-11,18H,1-3H3,(H,25,28)(H,26,29)/t18-/m1/s1. The van der Waals surface area contributed by atoms with Gasteiger partial charge in [0.1, 0.15) is 0 Å². The van der Waals surface area contributed by atoms with Crippen molar-refractivity contribution in [2.75, 3.05) is 12.4 Å². The average molecular weight is 419 g/mol. The van der Waals surface area contributed by atoms with Gasteiger partial charge in [-0.05, 0) is 55.4 Å². The summed E-state index contributed by atoms with van der Waals surface area (Å²) in [7, 11) is 1.73. The molecule has 3 rings (SSSR count). The first-order valence-corrected chi connectivity index (χ1v) is 9.29. The normalized spacial score (nSPS) is 17.2. The number of alkyl halides is 3. The van der Waals surface area contributed by atoms with Gasteiger partial charge in [0.25, 0.3) is 5.91 Å². The van der Waals surface area contributed by atoms with Crippen LogP contribution >= 0.6 is 12.2 Å². The van der Waals surface area contributed by atoms with Crippen LogP contribution in [0.5, 0.6) is 0 Å². The molecular formula is C21H20F3N3OS. The molecule has 0 unspecified atom stereocenters. The maximum absolute atomic E-state index is 13.1. The fourth-order valence-corrected chi connectivity index (χ4v) is 3.40. The van der Waals surface area contributed by atoms with Crippen molar-refractivity contribution >= 4 is 28.9 Å². The van der Waals surface area contributed by atoms with Gasteiger partial charge < -0.3 is 15.5 Å². The van der Waals surface area contributed by atoms with Gasteiger partial charge in [-0.1, -0.05) is 30.3 Å². The van der Waals surface area contributed by atoms with Crippen molar-refractivity contribution in [3.63, 3.8) is 0 Å². The minimum Gasteiger partial charge on any atom is -0.351 e. The number of nitrogens with zero attached hydrogens (tertiary/aromatic N) is 1. The zero-order valence-electron chi connectivity index (χ0n) is 16.1. The highest BCUT2D eigenvalue weighted by molar-refractivity contribution is 7.80. The van der Waals surface area contributed by atoms with E-state index in [1.165, 1.54) is 12.1 Å².